The zero-order valence-corrected chi connectivity index (χ0v) is 14.8. The summed E-state index contributed by atoms with van der Waals surface area (Å²) >= 11 is 0. The fourth-order valence-electron chi connectivity index (χ4n) is 2.98. The molecule has 0 aliphatic heterocycles. The van der Waals surface area contributed by atoms with E-state index in [1.54, 1.807) is 16.2 Å². The van der Waals surface area contributed by atoms with E-state index < -0.39 is 0 Å². The number of fused-ring (bicyclic) bond motifs is 1. The van der Waals surface area contributed by atoms with Crippen LogP contribution < -0.4 is 11.0 Å². The van der Waals surface area contributed by atoms with Crippen LogP contribution >= 0.6 is 0 Å². The number of hydrogen-bond donors (Lipinski definition) is 1. The SMILES string of the molecule is CC(C)c1ccc(C(=O)NCCn2c(=O)n(C)c3ccccc32)cc1. The summed E-state index contributed by atoms with van der Waals surface area (Å²) in [5, 5.41) is 2.89. The van der Waals surface area contributed by atoms with Crippen molar-refractivity contribution in [1.82, 2.24) is 14.5 Å². The van der Waals surface area contributed by atoms with Gasteiger partial charge >= 0.3 is 5.69 Å². The molecule has 1 heterocycles. The first-order valence-electron chi connectivity index (χ1n) is 8.51. The number of benzene rings is 2. The molecule has 0 radical (unpaired) electrons. The number of aromatic nitrogens is 2. The molecule has 0 spiro atoms. The van der Waals surface area contributed by atoms with Gasteiger partial charge in [0.2, 0.25) is 0 Å². The highest BCUT2D eigenvalue weighted by Crippen LogP contribution is 2.14. The maximum Gasteiger partial charge on any atom is 0.328 e. The topological polar surface area (TPSA) is 56.0 Å². The summed E-state index contributed by atoms with van der Waals surface area (Å²) in [5.41, 5.74) is 3.54. The van der Waals surface area contributed by atoms with Crippen LogP contribution in [0.1, 0.15) is 35.7 Å². The van der Waals surface area contributed by atoms with E-state index in [1.807, 2.05) is 48.5 Å². The zero-order valence-electron chi connectivity index (χ0n) is 14.8. The van der Waals surface area contributed by atoms with E-state index in [1.165, 1.54) is 5.56 Å². The lowest BCUT2D eigenvalue weighted by Gasteiger charge is -2.08. The van der Waals surface area contributed by atoms with E-state index in [2.05, 4.69) is 19.2 Å². The number of imidazole rings is 1. The number of amides is 1. The van der Waals surface area contributed by atoms with Gasteiger partial charge in [0, 0.05) is 25.7 Å². The van der Waals surface area contributed by atoms with Gasteiger partial charge in [-0.05, 0) is 35.7 Å². The minimum Gasteiger partial charge on any atom is -0.350 e. The summed E-state index contributed by atoms with van der Waals surface area (Å²) in [6, 6.07) is 15.3. The minimum atomic E-state index is -0.122. The highest BCUT2D eigenvalue weighted by molar-refractivity contribution is 5.94. The van der Waals surface area contributed by atoms with E-state index in [4.69, 9.17) is 0 Å². The molecule has 130 valence electrons. The van der Waals surface area contributed by atoms with Crippen molar-refractivity contribution < 1.29 is 4.79 Å². The maximum absolute atomic E-state index is 12.3. The third-order valence-corrected chi connectivity index (χ3v) is 4.51. The van der Waals surface area contributed by atoms with E-state index in [-0.39, 0.29) is 11.6 Å². The lowest BCUT2D eigenvalue weighted by atomic mass is 10.0. The van der Waals surface area contributed by atoms with Crippen LogP contribution in [0.15, 0.2) is 53.3 Å². The molecule has 1 amide bonds. The number of carbonyl (C=O) groups excluding carboxylic acids is 1. The van der Waals surface area contributed by atoms with E-state index in [0.29, 0.717) is 24.6 Å². The van der Waals surface area contributed by atoms with Crippen LogP contribution in [0.5, 0.6) is 0 Å². The van der Waals surface area contributed by atoms with Crippen molar-refractivity contribution in [2.24, 2.45) is 7.05 Å². The number of nitrogens with one attached hydrogen (secondary N) is 1. The summed E-state index contributed by atoms with van der Waals surface area (Å²) in [6.07, 6.45) is 0. The quantitative estimate of drug-likeness (QED) is 0.778. The Morgan fingerprint density at radius 2 is 1.68 bits per heavy atom. The summed E-state index contributed by atoms with van der Waals surface area (Å²) in [5.74, 6) is 0.318. The highest BCUT2D eigenvalue weighted by Gasteiger charge is 2.11. The van der Waals surface area contributed by atoms with Crippen molar-refractivity contribution in [3.8, 4) is 0 Å². The molecule has 3 aromatic rings. The number of para-hydroxylation sites is 2. The van der Waals surface area contributed by atoms with Crippen LogP contribution in [-0.2, 0) is 13.6 Å². The van der Waals surface area contributed by atoms with Crippen molar-refractivity contribution in [2.75, 3.05) is 6.54 Å². The Morgan fingerprint density at radius 1 is 1.04 bits per heavy atom. The fourth-order valence-corrected chi connectivity index (χ4v) is 2.98. The van der Waals surface area contributed by atoms with Gasteiger partial charge in [-0.2, -0.15) is 0 Å². The average Bonchev–Trinajstić information content (AvgIpc) is 2.87. The van der Waals surface area contributed by atoms with Crippen LogP contribution in [0, 0.1) is 0 Å². The predicted octanol–water partition coefficient (Wildman–Crippen LogP) is 2.89. The van der Waals surface area contributed by atoms with Gasteiger partial charge in [-0.3, -0.25) is 13.9 Å². The fraction of sp³-hybridized carbons (Fsp3) is 0.300. The number of rotatable bonds is 5. The van der Waals surface area contributed by atoms with Crippen molar-refractivity contribution in [3.05, 3.63) is 70.1 Å². The van der Waals surface area contributed by atoms with E-state index in [0.717, 1.165) is 11.0 Å². The Kier molecular flexibility index (Phi) is 4.74. The molecule has 25 heavy (non-hydrogen) atoms. The van der Waals surface area contributed by atoms with Crippen molar-refractivity contribution in [2.45, 2.75) is 26.3 Å². The summed E-state index contributed by atoms with van der Waals surface area (Å²) in [7, 11) is 1.76. The van der Waals surface area contributed by atoms with Gasteiger partial charge in [0.25, 0.3) is 5.91 Å². The van der Waals surface area contributed by atoms with Gasteiger partial charge in [-0.1, -0.05) is 38.1 Å². The Balaban J connectivity index is 1.68. The van der Waals surface area contributed by atoms with Gasteiger partial charge in [0.05, 0.1) is 11.0 Å². The minimum absolute atomic E-state index is 0.0725. The first-order valence-corrected chi connectivity index (χ1v) is 8.51. The first kappa shape index (κ1) is 17.0. The third-order valence-electron chi connectivity index (χ3n) is 4.51. The van der Waals surface area contributed by atoms with Crippen LogP contribution in [0.2, 0.25) is 0 Å². The molecule has 0 bridgehead atoms. The highest BCUT2D eigenvalue weighted by atomic mass is 16.2. The molecule has 1 aromatic heterocycles. The number of aryl methyl sites for hydroxylation is 1. The molecule has 3 rings (SSSR count). The smallest absolute Gasteiger partial charge is 0.328 e. The Morgan fingerprint density at radius 3 is 2.32 bits per heavy atom. The third kappa shape index (κ3) is 3.36. The summed E-state index contributed by atoms with van der Waals surface area (Å²) in [6.45, 7) is 5.09. The molecule has 0 atom stereocenters. The lowest BCUT2D eigenvalue weighted by molar-refractivity contribution is 0.0952. The van der Waals surface area contributed by atoms with Crippen molar-refractivity contribution in [3.63, 3.8) is 0 Å². The standard InChI is InChI=1S/C20H23N3O2/c1-14(2)15-8-10-16(11-9-15)19(24)21-12-13-23-18-7-5-4-6-17(18)22(3)20(23)25/h4-11,14H,12-13H2,1-3H3,(H,21,24). The number of nitrogens with zero attached hydrogens (tertiary/aromatic N) is 2. The maximum atomic E-state index is 12.3. The summed E-state index contributed by atoms with van der Waals surface area (Å²) in [4.78, 5) is 24.6. The normalized spacial score (nSPS) is 11.2. The van der Waals surface area contributed by atoms with Crippen molar-refractivity contribution >= 4 is 16.9 Å². The second-order valence-corrected chi connectivity index (χ2v) is 6.51. The summed E-state index contributed by atoms with van der Waals surface area (Å²) < 4.78 is 3.32. The predicted molar refractivity (Wildman–Crippen MR) is 100 cm³/mol. The Labute approximate surface area is 146 Å². The second kappa shape index (κ2) is 6.97. The molecule has 1 N–H and O–H groups in total. The van der Waals surface area contributed by atoms with Crippen LogP contribution in [-0.4, -0.2) is 21.6 Å². The Hall–Kier alpha value is -2.82. The molecule has 0 fully saturated rings. The van der Waals surface area contributed by atoms with Gasteiger partial charge in [0.1, 0.15) is 0 Å². The van der Waals surface area contributed by atoms with Crippen LogP contribution in [0.3, 0.4) is 0 Å². The molecule has 2 aromatic carbocycles. The molecule has 0 aliphatic carbocycles. The van der Waals surface area contributed by atoms with Gasteiger partial charge in [0.15, 0.2) is 0 Å². The Bertz CT molecular complexity index is 949. The molecule has 0 saturated heterocycles. The number of hydrogen-bond acceptors (Lipinski definition) is 2. The van der Waals surface area contributed by atoms with Crippen molar-refractivity contribution in [1.29, 1.82) is 0 Å². The number of carbonyl (C=O) groups is 1. The van der Waals surface area contributed by atoms with Crippen LogP contribution in [0.25, 0.3) is 11.0 Å². The average molecular weight is 337 g/mol. The van der Waals surface area contributed by atoms with E-state index in [9.17, 15) is 9.59 Å². The van der Waals surface area contributed by atoms with Gasteiger partial charge in [-0.25, -0.2) is 4.79 Å². The molecule has 5 heteroatoms. The second-order valence-electron chi connectivity index (χ2n) is 6.51. The van der Waals surface area contributed by atoms with Gasteiger partial charge in [-0.15, -0.1) is 0 Å². The largest absolute Gasteiger partial charge is 0.350 e. The van der Waals surface area contributed by atoms with Crippen LogP contribution in [0.4, 0.5) is 0 Å². The molecule has 0 saturated carbocycles. The lowest BCUT2D eigenvalue weighted by Crippen LogP contribution is -2.31. The molecule has 0 aliphatic rings. The molecular weight excluding hydrogens is 314 g/mol. The molecule has 0 unspecified atom stereocenters. The monoisotopic (exact) mass is 337 g/mol. The molecule has 5 nitrogen and oxygen atoms in total. The van der Waals surface area contributed by atoms with Gasteiger partial charge < -0.3 is 5.32 Å². The first-order chi connectivity index (χ1) is 12.0. The molecular formula is C20H23N3O2. The van der Waals surface area contributed by atoms with E-state index >= 15 is 0 Å². The zero-order chi connectivity index (χ0) is 18.0.